The lowest BCUT2D eigenvalue weighted by molar-refractivity contribution is -0.131. The summed E-state index contributed by atoms with van der Waals surface area (Å²) in [4.78, 5) is 37.6. The molecule has 4 heterocycles. The van der Waals surface area contributed by atoms with Gasteiger partial charge in [0.25, 0.3) is 0 Å². The Morgan fingerprint density at radius 2 is 2.06 bits per heavy atom. The first-order valence-electron chi connectivity index (χ1n) is 11.1. The van der Waals surface area contributed by atoms with E-state index in [0.29, 0.717) is 41.7 Å². The highest BCUT2D eigenvalue weighted by Crippen LogP contribution is 2.33. The van der Waals surface area contributed by atoms with Gasteiger partial charge in [0.15, 0.2) is 5.65 Å². The Labute approximate surface area is 186 Å². The van der Waals surface area contributed by atoms with Crippen LogP contribution in [0.5, 0.6) is 0 Å². The first-order chi connectivity index (χ1) is 15.4. The molecule has 0 aromatic carbocycles. The molecule has 2 aliphatic rings. The van der Waals surface area contributed by atoms with Crippen molar-refractivity contribution < 1.29 is 14.7 Å². The van der Waals surface area contributed by atoms with Crippen molar-refractivity contribution in [2.45, 2.75) is 44.6 Å². The van der Waals surface area contributed by atoms with Gasteiger partial charge in [0.1, 0.15) is 18.1 Å². The van der Waals surface area contributed by atoms with E-state index in [-0.39, 0.29) is 24.3 Å². The Hall–Kier alpha value is -3.19. The third-order valence-electron chi connectivity index (χ3n) is 6.78. The van der Waals surface area contributed by atoms with E-state index in [0.717, 1.165) is 36.9 Å². The molecule has 2 aromatic rings. The van der Waals surface area contributed by atoms with Gasteiger partial charge in [-0.2, -0.15) is 5.26 Å². The maximum atomic E-state index is 12.3. The fraction of sp³-hybridized carbons (Fsp3) is 0.591. The predicted octanol–water partition coefficient (Wildman–Crippen LogP) is 2.01. The molecule has 2 aromatic heterocycles. The Morgan fingerprint density at radius 3 is 2.75 bits per heavy atom. The summed E-state index contributed by atoms with van der Waals surface area (Å²) < 4.78 is 1.14. The number of hydrogen-bond donors (Lipinski definition) is 2. The maximum absolute atomic E-state index is 12.3. The van der Waals surface area contributed by atoms with Crippen molar-refractivity contribution in [3.8, 4) is 6.07 Å². The highest BCUT2D eigenvalue weighted by Gasteiger charge is 2.33. The zero-order chi connectivity index (χ0) is 22.8. The Kier molecular flexibility index (Phi) is 6.28. The van der Waals surface area contributed by atoms with Gasteiger partial charge < -0.3 is 20.2 Å². The summed E-state index contributed by atoms with van der Waals surface area (Å²) in [5, 5.41) is 22.6. The van der Waals surface area contributed by atoms with Crippen LogP contribution in [0.15, 0.2) is 12.3 Å². The van der Waals surface area contributed by atoms with Crippen LogP contribution in [0.1, 0.15) is 44.3 Å². The summed E-state index contributed by atoms with van der Waals surface area (Å²) in [6.45, 7) is 5.06. The van der Waals surface area contributed by atoms with E-state index in [9.17, 15) is 14.7 Å². The molecule has 2 atom stereocenters. The first kappa shape index (κ1) is 22.0. The monoisotopic (exact) mass is 439 g/mol. The lowest BCUT2D eigenvalue weighted by Crippen LogP contribution is -2.52. The molecule has 2 saturated heterocycles. The maximum Gasteiger partial charge on any atom is 0.417 e. The number of piperidine rings is 2. The van der Waals surface area contributed by atoms with Crippen molar-refractivity contribution >= 4 is 28.9 Å². The summed E-state index contributed by atoms with van der Waals surface area (Å²) in [6.07, 6.45) is 2.94. The van der Waals surface area contributed by atoms with Crippen molar-refractivity contribution in [1.82, 2.24) is 24.8 Å². The minimum atomic E-state index is -1.08. The number of carbonyl (C=O) groups excluding carboxylic acids is 1. The molecular weight excluding hydrogens is 410 g/mol. The fourth-order valence-corrected chi connectivity index (χ4v) is 4.82. The minimum Gasteiger partial charge on any atom is -0.464 e. The van der Waals surface area contributed by atoms with Crippen molar-refractivity contribution in [3.63, 3.8) is 0 Å². The third-order valence-corrected chi connectivity index (χ3v) is 6.78. The lowest BCUT2D eigenvalue weighted by atomic mass is 9.92. The molecule has 10 heteroatoms. The number of hydrogen-bond acceptors (Lipinski definition) is 7. The van der Waals surface area contributed by atoms with E-state index in [2.05, 4.69) is 22.1 Å². The minimum absolute atomic E-state index is 0.00135. The van der Waals surface area contributed by atoms with Crippen LogP contribution in [0.25, 0.3) is 11.0 Å². The molecule has 2 aliphatic heterocycles. The number of likely N-dealkylation sites (N-methyl/N-ethyl adjacent to an activating group) is 1. The standard InChI is InChI=1S/C22H29N7O3/c1-14-6-11-28(18(30)3-8-23)13-17(14)27(2)20-16-7-12-29(22(31)32)21(16)26-19(25-20)15-4-9-24-10-5-15/h7,12,14-15,17,24H,3-6,9-11,13H2,1-2H3,(H,31,32)/t14-,17+/m1/s1. The summed E-state index contributed by atoms with van der Waals surface area (Å²) in [7, 11) is 1.95. The Morgan fingerprint density at radius 1 is 1.31 bits per heavy atom. The van der Waals surface area contributed by atoms with Crippen LogP contribution < -0.4 is 10.2 Å². The van der Waals surface area contributed by atoms with Crippen LogP contribution in [-0.2, 0) is 4.79 Å². The normalized spacial score (nSPS) is 22.0. The average molecular weight is 440 g/mol. The smallest absolute Gasteiger partial charge is 0.417 e. The second-order valence-electron chi connectivity index (χ2n) is 8.75. The number of anilines is 1. The third kappa shape index (κ3) is 4.12. The summed E-state index contributed by atoms with van der Waals surface area (Å²) in [5.74, 6) is 1.68. The largest absolute Gasteiger partial charge is 0.464 e. The van der Waals surface area contributed by atoms with Gasteiger partial charge in [0, 0.05) is 32.3 Å². The molecule has 0 spiro atoms. The van der Waals surface area contributed by atoms with E-state index in [1.165, 1.54) is 6.20 Å². The predicted molar refractivity (Wildman–Crippen MR) is 119 cm³/mol. The molecule has 32 heavy (non-hydrogen) atoms. The van der Waals surface area contributed by atoms with Gasteiger partial charge in [-0.05, 0) is 44.3 Å². The second kappa shape index (κ2) is 9.12. The highest BCUT2D eigenvalue weighted by atomic mass is 16.4. The number of nitrogens with zero attached hydrogens (tertiary/aromatic N) is 6. The molecule has 4 rings (SSSR count). The summed E-state index contributed by atoms with van der Waals surface area (Å²) in [5.41, 5.74) is 0.392. The topological polar surface area (TPSA) is 127 Å². The van der Waals surface area contributed by atoms with E-state index < -0.39 is 6.09 Å². The molecule has 0 aliphatic carbocycles. The van der Waals surface area contributed by atoms with Gasteiger partial charge in [-0.25, -0.2) is 19.3 Å². The molecule has 2 fully saturated rings. The first-order valence-corrected chi connectivity index (χ1v) is 11.1. The molecule has 0 saturated carbocycles. The molecule has 0 bridgehead atoms. The van der Waals surface area contributed by atoms with Gasteiger partial charge in [-0.1, -0.05) is 6.92 Å². The molecule has 10 nitrogen and oxygen atoms in total. The van der Waals surface area contributed by atoms with Gasteiger partial charge in [-0.15, -0.1) is 0 Å². The number of nitriles is 1. The fourth-order valence-electron chi connectivity index (χ4n) is 4.82. The Balaban J connectivity index is 1.73. The molecule has 1 amide bonds. The van der Waals surface area contributed by atoms with Gasteiger partial charge in [-0.3, -0.25) is 4.79 Å². The van der Waals surface area contributed by atoms with Crippen LogP contribution in [0, 0.1) is 17.2 Å². The highest BCUT2D eigenvalue weighted by molar-refractivity contribution is 5.93. The lowest BCUT2D eigenvalue weighted by Gasteiger charge is -2.42. The number of carboxylic acid groups (broad SMARTS) is 1. The molecule has 0 radical (unpaired) electrons. The number of fused-ring (bicyclic) bond motifs is 1. The summed E-state index contributed by atoms with van der Waals surface area (Å²) >= 11 is 0. The zero-order valence-corrected chi connectivity index (χ0v) is 18.5. The molecular formula is C22H29N7O3. The van der Waals surface area contributed by atoms with Crippen LogP contribution in [0.3, 0.4) is 0 Å². The van der Waals surface area contributed by atoms with Crippen LogP contribution in [-0.4, -0.2) is 75.8 Å². The quantitative estimate of drug-likeness (QED) is 0.741. The molecule has 170 valence electrons. The van der Waals surface area contributed by atoms with Crippen LogP contribution >= 0.6 is 0 Å². The van der Waals surface area contributed by atoms with Crippen molar-refractivity contribution in [1.29, 1.82) is 5.26 Å². The van der Waals surface area contributed by atoms with Crippen molar-refractivity contribution in [2.24, 2.45) is 5.92 Å². The molecule has 0 unspecified atom stereocenters. The van der Waals surface area contributed by atoms with E-state index in [1.807, 2.05) is 13.1 Å². The zero-order valence-electron chi connectivity index (χ0n) is 18.5. The molecule has 2 N–H and O–H groups in total. The number of amides is 1. The number of rotatable bonds is 4. The number of nitrogens with one attached hydrogen (secondary N) is 1. The number of aromatic nitrogens is 3. The van der Waals surface area contributed by atoms with Crippen LogP contribution in [0.4, 0.5) is 10.6 Å². The second-order valence-corrected chi connectivity index (χ2v) is 8.75. The average Bonchev–Trinajstić information content (AvgIpc) is 3.23. The Bertz CT molecular complexity index is 1050. The van der Waals surface area contributed by atoms with Gasteiger partial charge in [0.05, 0.1) is 17.5 Å². The van der Waals surface area contributed by atoms with E-state index in [1.54, 1.807) is 11.0 Å². The van der Waals surface area contributed by atoms with E-state index >= 15 is 0 Å². The van der Waals surface area contributed by atoms with Gasteiger partial charge >= 0.3 is 6.09 Å². The number of likely N-dealkylation sites (tertiary alicyclic amines) is 1. The van der Waals surface area contributed by atoms with Crippen molar-refractivity contribution in [2.75, 3.05) is 38.1 Å². The van der Waals surface area contributed by atoms with Crippen LogP contribution in [0.2, 0.25) is 0 Å². The van der Waals surface area contributed by atoms with Gasteiger partial charge in [0.2, 0.25) is 5.91 Å². The summed E-state index contributed by atoms with van der Waals surface area (Å²) in [6, 6.07) is 3.69. The van der Waals surface area contributed by atoms with E-state index in [4.69, 9.17) is 10.2 Å². The SMILES string of the molecule is C[C@@H]1CCN(C(=O)CC#N)C[C@@H]1N(C)c1nc(C2CCNCC2)nc2c1ccn2C(=O)O. The van der Waals surface area contributed by atoms with Crippen molar-refractivity contribution in [3.05, 3.63) is 18.1 Å². The number of carbonyl (C=O) groups is 2.